The maximum absolute atomic E-state index is 13.4. The molecule has 0 radical (unpaired) electrons. The molecule has 2 amide bonds. The topological polar surface area (TPSA) is 74.8 Å². The Morgan fingerprint density at radius 3 is 2.10 bits per heavy atom. The Morgan fingerprint density at radius 2 is 1.59 bits per heavy atom. The highest BCUT2D eigenvalue weighted by Crippen LogP contribution is 2.34. The van der Waals surface area contributed by atoms with Crippen LogP contribution in [0.2, 0.25) is 0 Å². The standard InChI is InChI=1S/C20H20BrFN2O4S/c1-20(2,3)24(29(27,28)16-10-4-13(21)5-11-16)17-12-18(25)23(19(17)26)15-8-6-14(22)7-9-15/h4-11,17H,12H2,1-3H3. The first-order valence-corrected chi connectivity index (χ1v) is 11.1. The Morgan fingerprint density at radius 1 is 1.03 bits per heavy atom. The minimum Gasteiger partial charge on any atom is -0.274 e. The van der Waals surface area contributed by atoms with Gasteiger partial charge in [0.1, 0.15) is 11.9 Å². The Hall–Kier alpha value is -2.10. The van der Waals surface area contributed by atoms with Crippen LogP contribution in [-0.2, 0) is 19.6 Å². The van der Waals surface area contributed by atoms with Crippen LogP contribution in [-0.4, -0.2) is 36.1 Å². The molecule has 1 fully saturated rings. The van der Waals surface area contributed by atoms with E-state index in [1.807, 2.05) is 0 Å². The van der Waals surface area contributed by atoms with E-state index in [1.165, 1.54) is 24.3 Å². The van der Waals surface area contributed by atoms with E-state index >= 15 is 0 Å². The zero-order valence-electron chi connectivity index (χ0n) is 16.1. The minimum absolute atomic E-state index is 0.0242. The molecule has 1 heterocycles. The number of carbonyl (C=O) groups is 2. The highest BCUT2D eigenvalue weighted by molar-refractivity contribution is 9.10. The summed E-state index contributed by atoms with van der Waals surface area (Å²) in [5, 5.41) is 0. The summed E-state index contributed by atoms with van der Waals surface area (Å²) in [5.41, 5.74) is -0.760. The van der Waals surface area contributed by atoms with E-state index in [0.717, 1.165) is 21.3 Å². The molecular formula is C20H20BrFN2O4S. The highest BCUT2D eigenvalue weighted by Gasteiger charge is 2.50. The van der Waals surface area contributed by atoms with Crippen molar-refractivity contribution in [1.82, 2.24) is 4.31 Å². The van der Waals surface area contributed by atoms with Gasteiger partial charge >= 0.3 is 0 Å². The predicted molar refractivity (Wildman–Crippen MR) is 110 cm³/mol. The van der Waals surface area contributed by atoms with Gasteiger partial charge in [0, 0.05) is 10.0 Å². The Balaban J connectivity index is 2.04. The molecule has 1 saturated heterocycles. The van der Waals surface area contributed by atoms with E-state index < -0.39 is 39.2 Å². The minimum atomic E-state index is -4.07. The molecule has 1 unspecified atom stereocenters. The van der Waals surface area contributed by atoms with Crippen molar-refractivity contribution in [2.45, 2.75) is 43.7 Å². The molecule has 9 heteroatoms. The fourth-order valence-electron chi connectivity index (χ4n) is 3.38. The summed E-state index contributed by atoms with van der Waals surface area (Å²) in [6.45, 7) is 5.01. The smallest absolute Gasteiger partial charge is 0.252 e. The van der Waals surface area contributed by atoms with E-state index in [1.54, 1.807) is 32.9 Å². The molecule has 0 aromatic heterocycles. The summed E-state index contributed by atoms with van der Waals surface area (Å²) < 4.78 is 41.8. The molecule has 0 N–H and O–H groups in total. The van der Waals surface area contributed by atoms with Crippen LogP contribution in [0, 0.1) is 5.82 Å². The van der Waals surface area contributed by atoms with Gasteiger partial charge in [0.2, 0.25) is 15.9 Å². The molecule has 154 valence electrons. The van der Waals surface area contributed by atoms with Gasteiger partial charge < -0.3 is 0 Å². The summed E-state index contributed by atoms with van der Waals surface area (Å²) >= 11 is 3.27. The van der Waals surface area contributed by atoms with Crippen molar-refractivity contribution in [2.24, 2.45) is 0 Å². The summed E-state index contributed by atoms with van der Waals surface area (Å²) in [5.74, 6) is -1.69. The van der Waals surface area contributed by atoms with Gasteiger partial charge in [-0.15, -0.1) is 0 Å². The van der Waals surface area contributed by atoms with Crippen LogP contribution in [0.5, 0.6) is 0 Å². The number of sulfonamides is 1. The van der Waals surface area contributed by atoms with E-state index in [9.17, 15) is 22.4 Å². The molecule has 1 aliphatic heterocycles. The van der Waals surface area contributed by atoms with Gasteiger partial charge in [0.15, 0.2) is 0 Å². The third kappa shape index (κ3) is 4.12. The number of rotatable bonds is 4. The molecule has 6 nitrogen and oxygen atoms in total. The number of hydrogen-bond acceptors (Lipinski definition) is 4. The van der Waals surface area contributed by atoms with Crippen molar-refractivity contribution < 1.29 is 22.4 Å². The molecule has 0 saturated carbocycles. The molecule has 29 heavy (non-hydrogen) atoms. The van der Waals surface area contributed by atoms with Crippen LogP contribution in [0.1, 0.15) is 27.2 Å². The first-order valence-electron chi connectivity index (χ1n) is 8.85. The number of amides is 2. The van der Waals surface area contributed by atoms with Crippen molar-refractivity contribution in [3.63, 3.8) is 0 Å². The van der Waals surface area contributed by atoms with Crippen molar-refractivity contribution in [3.8, 4) is 0 Å². The molecular weight excluding hydrogens is 463 g/mol. The van der Waals surface area contributed by atoms with E-state index in [0.29, 0.717) is 4.47 Å². The third-order valence-corrected chi connectivity index (χ3v) is 7.24. The summed E-state index contributed by atoms with van der Waals surface area (Å²) in [6, 6.07) is 9.80. The number of halogens is 2. The number of nitrogens with zero attached hydrogens (tertiary/aromatic N) is 2. The lowest BCUT2D eigenvalue weighted by atomic mass is 10.1. The van der Waals surface area contributed by atoms with Crippen LogP contribution in [0.3, 0.4) is 0 Å². The Kier molecular flexibility index (Phi) is 5.68. The second kappa shape index (κ2) is 7.62. The molecule has 1 aliphatic rings. The zero-order valence-corrected chi connectivity index (χ0v) is 18.5. The third-order valence-electron chi connectivity index (χ3n) is 4.52. The fraction of sp³-hybridized carbons (Fsp3) is 0.300. The van der Waals surface area contributed by atoms with Gasteiger partial charge in [-0.05, 0) is 69.3 Å². The quantitative estimate of drug-likeness (QED) is 0.622. The fourth-order valence-corrected chi connectivity index (χ4v) is 5.57. The second-order valence-electron chi connectivity index (χ2n) is 7.69. The molecule has 0 spiro atoms. The summed E-state index contributed by atoms with van der Waals surface area (Å²) in [6.07, 6.45) is -0.288. The number of benzene rings is 2. The molecule has 2 aromatic rings. The second-order valence-corrected chi connectivity index (χ2v) is 10.4. The first kappa shape index (κ1) is 21.6. The maximum atomic E-state index is 13.4. The molecule has 2 aromatic carbocycles. The Labute approximate surface area is 177 Å². The van der Waals surface area contributed by atoms with Gasteiger partial charge in [-0.25, -0.2) is 17.7 Å². The van der Waals surface area contributed by atoms with Crippen LogP contribution in [0.25, 0.3) is 0 Å². The van der Waals surface area contributed by atoms with E-state index in [2.05, 4.69) is 15.9 Å². The average Bonchev–Trinajstić information content (AvgIpc) is 2.89. The average molecular weight is 483 g/mol. The SMILES string of the molecule is CC(C)(C)N(C1CC(=O)N(c2ccc(F)cc2)C1=O)S(=O)(=O)c1ccc(Br)cc1. The van der Waals surface area contributed by atoms with Crippen molar-refractivity contribution >= 4 is 43.5 Å². The number of hydrogen-bond donors (Lipinski definition) is 0. The van der Waals surface area contributed by atoms with Crippen molar-refractivity contribution in [1.29, 1.82) is 0 Å². The van der Waals surface area contributed by atoms with Gasteiger partial charge in [0.25, 0.3) is 5.91 Å². The van der Waals surface area contributed by atoms with Gasteiger partial charge in [0.05, 0.1) is 17.0 Å². The van der Waals surface area contributed by atoms with E-state index in [-0.39, 0.29) is 17.0 Å². The zero-order chi connectivity index (χ0) is 21.6. The normalized spacial score (nSPS) is 18.0. The predicted octanol–water partition coefficient (Wildman–Crippen LogP) is 3.71. The van der Waals surface area contributed by atoms with Gasteiger partial charge in [-0.2, -0.15) is 4.31 Å². The monoisotopic (exact) mass is 482 g/mol. The van der Waals surface area contributed by atoms with Crippen molar-refractivity contribution in [3.05, 3.63) is 58.8 Å². The van der Waals surface area contributed by atoms with Crippen molar-refractivity contribution in [2.75, 3.05) is 4.90 Å². The van der Waals surface area contributed by atoms with Gasteiger partial charge in [-0.1, -0.05) is 15.9 Å². The van der Waals surface area contributed by atoms with Gasteiger partial charge in [-0.3, -0.25) is 9.59 Å². The van der Waals surface area contributed by atoms with Crippen LogP contribution in [0.4, 0.5) is 10.1 Å². The molecule has 1 atom stereocenters. The molecule has 0 aliphatic carbocycles. The number of imide groups is 1. The lowest BCUT2D eigenvalue weighted by Gasteiger charge is -2.37. The first-order chi connectivity index (χ1) is 13.4. The number of anilines is 1. The van der Waals surface area contributed by atoms with Crippen LogP contribution >= 0.6 is 15.9 Å². The number of carbonyl (C=O) groups excluding carboxylic acids is 2. The largest absolute Gasteiger partial charge is 0.274 e. The molecule has 0 bridgehead atoms. The lowest BCUT2D eigenvalue weighted by Crippen LogP contribution is -2.54. The summed E-state index contributed by atoms with van der Waals surface area (Å²) in [4.78, 5) is 26.7. The van der Waals surface area contributed by atoms with E-state index in [4.69, 9.17) is 0 Å². The van der Waals surface area contributed by atoms with Crippen LogP contribution in [0.15, 0.2) is 57.9 Å². The highest BCUT2D eigenvalue weighted by atomic mass is 79.9. The maximum Gasteiger partial charge on any atom is 0.252 e. The summed E-state index contributed by atoms with van der Waals surface area (Å²) in [7, 11) is -4.07. The Bertz CT molecular complexity index is 1050. The van der Waals surface area contributed by atoms with Crippen LogP contribution < -0.4 is 4.90 Å². The lowest BCUT2D eigenvalue weighted by molar-refractivity contribution is -0.122. The molecule has 3 rings (SSSR count).